The molecule has 0 aromatic carbocycles. The van der Waals surface area contributed by atoms with Gasteiger partial charge in [-0.15, -0.1) is 0 Å². The van der Waals surface area contributed by atoms with Crippen LogP contribution in [0, 0.1) is 11.8 Å². The molecule has 4 heterocycles. The van der Waals surface area contributed by atoms with E-state index < -0.39 is 24.5 Å². The highest BCUT2D eigenvalue weighted by atomic mass is 19.4. The smallest absolute Gasteiger partial charge is 0.375 e. The molecule has 1 aliphatic heterocycles. The highest BCUT2D eigenvalue weighted by molar-refractivity contribution is 5.93. The lowest BCUT2D eigenvalue weighted by Crippen LogP contribution is -2.40. The normalized spacial score (nSPS) is 15.5. The van der Waals surface area contributed by atoms with E-state index >= 15 is 0 Å². The largest absolute Gasteiger partial charge is 0.405 e. The van der Waals surface area contributed by atoms with E-state index in [1.165, 1.54) is 12.8 Å². The first kappa shape index (κ1) is 27.1. The second-order valence-electron chi connectivity index (χ2n) is 10.0. The number of pyridine rings is 2. The Hall–Kier alpha value is -2.98. The molecule has 0 unspecified atom stereocenters. The minimum atomic E-state index is -4.44. The van der Waals surface area contributed by atoms with Crippen molar-refractivity contribution in [2.75, 3.05) is 32.8 Å². The topological polar surface area (TPSA) is 83.1 Å². The molecule has 200 valence electrons. The number of likely N-dealkylation sites (tertiary alicyclic amines) is 1. The Labute approximate surface area is 214 Å². The quantitative estimate of drug-likeness (QED) is 0.360. The molecule has 10 heteroatoms. The number of H-pyrrole nitrogens is 1. The number of hydrogen-bond acceptors (Lipinski definition) is 5. The average molecular weight is 518 g/mol. The number of rotatable bonds is 11. The molecule has 1 atom stereocenters. The Balaban J connectivity index is 1.45. The van der Waals surface area contributed by atoms with Gasteiger partial charge < -0.3 is 19.9 Å². The highest BCUT2D eigenvalue weighted by Gasteiger charge is 2.30. The van der Waals surface area contributed by atoms with Crippen molar-refractivity contribution in [2.24, 2.45) is 11.8 Å². The summed E-state index contributed by atoms with van der Waals surface area (Å²) in [4.78, 5) is 27.0. The fraction of sp³-hybridized carbons (Fsp3) is 0.519. The third-order valence-electron chi connectivity index (χ3n) is 6.77. The Morgan fingerprint density at radius 3 is 2.68 bits per heavy atom. The average Bonchev–Trinajstić information content (AvgIpc) is 3.53. The first-order valence-electron chi connectivity index (χ1n) is 12.7. The van der Waals surface area contributed by atoms with E-state index in [0.717, 1.165) is 52.9 Å². The van der Waals surface area contributed by atoms with Crippen molar-refractivity contribution in [3.8, 4) is 11.1 Å². The number of nitrogens with one attached hydrogen (secondary N) is 2. The molecule has 0 bridgehead atoms. The van der Waals surface area contributed by atoms with Gasteiger partial charge in [-0.3, -0.25) is 9.78 Å². The van der Waals surface area contributed by atoms with Crippen LogP contribution in [0.25, 0.3) is 22.2 Å². The fourth-order valence-electron chi connectivity index (χ4n) is 4.70. The lowest BCUT2D eigenvalue weighted by atomic mass is 9.88. The Kier molecular flexibility index (Phi) is 8.81. The van der Waals surface area contributed by atoms with Crippen LogP contribution in [0.4, 0.5) is 13.2 Å². The van der Waals surface area contributed by atoms with Crippen LogP contribution in [0.5, 0.6) is 0 Å². The van der Waals surface area contributed by atoms with Gasteiger partial charge >= 0.3 is 6.18 Å². The zero-order chi connectivity index (χ0) is 26.4. The number of amides is 1. The molecule has 0 saturated carbocycles. The van der Waals surface area contributed by atoms with Crippen LogP contribution in [0.15, 0.2) is 36.9 Å². The number of fused-ring (bicyclic) bond motifs is 1. The lowest BCUT2D eigenvalue weighted by Gasteiger charge is -2.21. The minimum absolute atomic E-state index is 0.137. The summed E-state index contributed by atoms with van der Waals surface area (Å²) in [7, 11) is 0. The number of aromatic amines is 1. The molecule has 7 nitrogen and oxygen atoms in total. The van der Waals surface area contributed by atoms with Crippen molar-refractivity contribution in [2.45, 2.75) is 45.9 Å². The second-order valence-corrected chi connectivity index (χ2v) is 10.0. The van der Waals surface area contributed by atoms with Gasteiger partial charge in [0.1, 0.15) is 12.2 Å². The van der Waals surface area contributed by atoms with Crippen LogP contribution in [0.1, 0.15) is 37.8 Å². The molecule has 1 amide bonds. The first-order chi connectivity index (χ1) is 17.7. The van der Waals surface area contributed by atoms with E-state index in [2.05, 4.69) is 25.9 Å². The molecule has 3 aromatic rings. The summed E-state index contributed by atoms with van der Waals surface area (Å²) in [6, 6.07) is 3.99. The van der Waals surface area contributed by atoms with Crippen LogP contribution in [0.2, 0.25) is 0 Å². The van der Waals surface area contributed by atoms with E-state index in [1.807, 2.05) is 31.4 Å². The fourth-order valence-corrected chi connectivity index (χ4v) is 4.70. The molecule has 0 aliphatic carbocycles. The van der Waals surface area contributed by atoms with E-state index in [-0.39, 0.29) is 5.92 Å². The van der Waals surface area contributed by atoms with Gasteiger partial charge in [0.25, 0.3) is 0 Å². The van der Waals surface area contributed by atoms with Gasteiger partial charge in [-0.2, -0.15) is 13.2 Å². The number of alkyl halides is 3. The van der Waals surface area contributed by atoms with Crippen LogP contribution in [0.3, 0.4) is 0 Å². The van der Waals surface area contributed by atoms with Crippen LogP contribution < -0.4 is 5.32 Å². The maximum Gasteiger partial charge on any atom is 0.405 e. The van der Waals surface area contributed by atoms with Crippen LogP contribution >= 0.6 is 0 Å². The summed E-state index contributed by atoms with van der Waals surface area (Å²) < 4.78 is 43.6. The third-order valence-corrected chi connectivity index (χ3v) is 6.77. The van der Waals surface area contributed by atoms with E-state index in [1.54, 1.807) is 18.6 Å². The van der Waals surface area contributed by atoms with E-state index in [0.29, 0.717) is 19.6 Å². The van der Waals surface area contributed by atoms with Crippen LogP contribution in [-0.4, -0.2) is 64.7 Å². The molecule has 4 rings (SSSR count). The second kappa shape index (κ2) is 12.0. The van der Waals surface area contributed by atoms with Gasteiger partial charge in [0.2, 0.25) is 5.91 Å². The molecule has 1 aliphatic rings. The molecule has 3 aromatic heterocycles. The van der Waals surface area contributed by atoms with E-state index in [4.69, 9.17) is 4.74 Å². The number of hydrogen-bond donors (Lipinski definition) is 2. The summed E-state index contributed by atoms with van der Waals surface area (Å²) >= 11 is 0. The summed E-state index contributed by atoms with van der Waals surface area (Å²) in [6.07, 6.45) is 5.43. The molecule has 0 spiro atoms. The summed E-state index contributed by atoms with van der Waals surface area (Å²) in [6.45, 7) is 6.71. The number of ether oxygens (including phenoxy) is 1. The third kappa shape index (κ3) is 7.52. The lowest BCUT2D eigenvalue weighted by molar-refractivity contribution is -0.141. The Bertz CT molecular complexity index is 1190. The predicted molar refractivity (Wildman–Crippen MR) is 136 cm³/mol. The number of aromatic nitrogens is 3. The van der Waals surface area contributed by atoms with Gasteiger partial charge in [-0.1, -0.05) is 13.8 Å². The number of carbonyl (C=O) groups excluding carboxylic acids is 1. The zero-order valence-electron chi connectivity index (χ0n) is 21.3. The summed E-state index contributed by atoms with van der Waals surface area (Å²) in [5.41, 5.74) is 4.25. The summed E-state index contributed by atoms with van der Waals surface area (Å²) in [5, 5.41) is 2.95. The molecular weight excluding hydrogens is 483 g/mol. The van der Waals surface area contributed by atoms with Crippen molar-refractivity contribution < 1.29 is 22.7 Å². The van der Waals surface area contributed by atoms with Crippen molar-refractivity contribution in [1.29, 1.82) is 0 Å². The highest BCUT2D eigenvalue weighted by Crippen LogP contribution is 2.29. The van der Waals surface area contributed by atoms with Crippen molar-refractivity contribution in [3.63, 3.8) is 0 Å². The Morgan fingerprint density at radius 1 is 1.16 bits per heavy atom. The number of halogens is 3. The molecule has 1 fully saturated rings. The molecule has 0 radical (unpaired) electrons. The van der Waals surface area contributed by atoms with Crippen LogP contribution in [-0.2, 0) is 22.6 Å². The van der Waals surface area contributed by atoms with Gasteiger partial charge in [-0.05, 0) is 61.5 Å². The maximum absolute atomic E-state index is 12.6. The van der Waals surface area contributed by atoms with Gasteiger partial charge in [0.05, 0.1) is 13.2 Å². The molecule has 1 saturated heterocycles. The number of nitrogens with zero attached hydrogens (tertiary/aromatic N) is 3. The maximum atomic E-state index is 12.6. The number of carbonyl (C=O) groups is 1. The predicted octanol–water partition coefficient (Wildman–Crippen LogP) is 4.73. The van der Waals surface area contributed by atoms with Gasteiger partial charge in [-0.25, -0.2) is 4.98 Å². The molecule has 37 heavy (non-hydrogen) atoms. The van der Waals surface area contributed by atoms with Gasteiger partial charge in [0.15, 0.2) is 0 Å². The summed E-state index contributed by atoms with van der Waals surface area (Å²) in [5.74, 6) is -1.35. The van der Waals surface area contributed by atoms with E-state index in [9.17, 15) is 18.0 Å². The SMILES string of the molecule is CC(C)[C@@H](Cc1cncc(-c2c[nH]c3ncc(COCCN4CCCC4)cc23)c1)C(=O)NCC(F)(F)F. The standard InChI is InChI=1S/C27H34F3N5O2/c1-18(2)22(26(36)34-17-27(28,29)30)10-19-9-21(14-31-12-19)24-15-33-25-23(24)11-20(13-32-25)16-37-8-7-35-5-3-4-6-35/h9,11-15,18,22H,3-8,10,16-17H2,1-2H3,(H,32,33)(H,34,36)/t22-/m1/s1. The van der Waals surface area contributed by atoms with Gasteiger partial charge in [0, 0.05) is 53.8 Å². The Morgan fingerprint density at radius 2 is 1.95 bits per heavy atom. The minimum Gasteiger partial charge on any atom is -0.375 e. The molecule has 2 N–H and O–H groups in total. The monoisotopic (exact) mass is 517 g/mol. The van der Waals surface area contributed by atoms with Crippen molar-refractivity contribution >= 4 is 16.9 Å². The first-order valence-corrected chi connectivity index (χ1v) is 12.7. The van der Waals surface area contributed by atoms with Crippen molar-refractivity contribution in [3.05, 3.63) is 48.0 Å². The zero-order valence-corrected chi connectivity index (χ0v) is 21.3. The van der Waals surface area contributed by atoms with Crippen molar-refractivity contribution in [1.82, 2.24) is 25.2 Å². The molecular formula is C27H34F3N5O2.